The highest BCUT2D eigenvalue weighted by molar-refractivity contribution is 5.63. The van der Waals surface area contributed by atoms with Crippen molar-refractivity contribution in [3.05, 3.63) is 35.6 Å². The minimum Gasteiger partial charge on any atom is -0.316 e. The van der Waals surface area contributed by atoms with Gasteiger partial charge in [-0.05, 0) is 43.5 Å². The Balaban J connectivity index is 2.21. The van der Waals surface area contributed by atoms with Crippen molar-refractivity contribution in [2.24, 2.45) is 5.92 Å². The second kappa shape index (κ2) is 5.21. The van der Waals surface area contributed by atoms with Gasteiger partial charge in [-0.1, -0.05) is 18.2 Å². The summed E-state index contributed by atoms with van der Waals surface area (Å²) in [6.07, 6.45) is 2.93. The molecule has 0 spiro atoms. The maximum Gasteiger partial charge on any atom is 0.127 e. The average molecular weight is 221 g/mol. The maximum atomic E-state index is 13.6. The van der Waals surface area contributed by atoms with Gasteiger partial charge in [0.25, 0.3) is 0 Å². The number of halogens is 1. The van der Waals surface area contributed by atoms with E-state index in [-0.39, 0.29) is 17.7 Å². The Morgan fingerprint density at radius 2 is 2.25 bits per heavy atom. The van der Waals surface area contributed by atoms with Gasteiger partial charge in [0, 0.05) is 5.92 Å². The fourth-order valence-corrected chi connectivity index (χ4v) is 2.37. The van der Waals surface area contributed by atoms with E-state index in [1.807, 2.05) is 0 Å². The highest BCUT2D eigenvalue weighted by atomic mass is 19.1. The number of aldehydes is 1. The van der Waals surface area contributed by atoms with Crippen LogP contribution in [0.3, 0.4) is 0 Å². The maximum absolute atomic E-state index is 13.6. The van der Waals surface area contributed by atoms with E-state index in [9.17, 15) is 9.18 Å². The van der Waals surface area contributed by atoms with Gasteiger partial charge in [0.2, 0.25) is 0 Å². The Hall–Kier alpha value is -1.22. The normalized spacial score (nSPS) is 22.7. The molecule has 0 aliphatic carbocycles. The Bertz CT molecular complexity index is 361. The molecule has 86 valence electrons. The van der Waals surface area contributed by atoms with Crippen LogP contribution in [0.4, 0.5) is 4.39 Å². The van der Waals surface area contributed by atoms with E-state index in [1.165, 1.54) is 6.07 Å². The van der Waals surface area contributed by atoms with Crippen LogP contribution in [0.5, 0.6) is 0 Å². The fraction of sp³-hybridized carbons (Fsp3) is 0.462. The molecule has 1 N–H and O–H groups in total. The molecule has 3 heteroatoms. The first-order valence-corrected chi connectivity index (χ1v) is 5.73. The standard InChI is InChI=1S/C13H16FNO/c14-13-6-2-1-5-11(13)12(9-16)10-4-3-7-15-8-10/h1-2,5-6,9-10,12,15H,3-4,7-8H2. The van der Waals surface area contributed by atoms with Crippen molar-refractivity contribution >= 4 is 6.29 Å². The molecular weight excluding hydrogens is 205 g/mol. The van der Waals surface area contributed by atoms with Crippen LogP contribution < -0.4 is 5.32 Å². The number of carbonyl (C=O) groups is 1. The van der Waals surface area contributed by atoms with Crippen LogP contribution in [-0.4, -0.2) is 19.4 Å². The fourth-order valence-electron chi connectivity index (χ4n) is 2.37. The summed E-state index contributed by atoms with van der Waals surface area (Å²) in [5, 5.41) is 3.26. The lowest BCUT2D eigenvalue weighted by Gasteiger charge is -2.27. The summed E-state index contributed by atoms with van der Waals surface area (Å²) >= 11 is 0. The molecule has 1 saturated heterocycles. The van der Waals surface area contributed by atoms with Crippen molar-refractivity contribution in [1.29, 1.82) is 0 Å². The molecule has 1 aromatic carbocycles. The molecule has 1 fully saturated rings. The second-order valence-electron chi connectivity index (χ2n) is 4.29. The smallest absolute Gasteiger partial charge is 0.127 e. The third-order valence-corrected chi connectivity index (χ3v) is 3.25. The zero-order valence-corrected chi connectivity index (χ0v) is 9.16. The van der Waals surface area contributed by atoms with E-state index in [0.29, 0.717) is 5.56 Å². The van der Waals surface area contributed by atoms with E-state index in [2.05, 4.69) is 5.32 Å². The predicted octanol–water partition coefficient (Wildman–Crippen LogP) is 2.11. The highest BCUT2D eigenvalue weighted by Crippen LogP contribution is 2.29. The molecule has 2 atom stereocenters. The summed E-state index contributed by atoms with van der Waals surface area (Å²) < 4.78 is 13.6. The van der Waals surface area contributed by atoms with Gasteiger partial charge in [-0.25, -0.2) is 4.39 Å². The number of hydrogen-bond acceptors (Lipinski definition) is 2. The van der Waals surface area contributed by atoms with Gasteiger partial charge < -0.3 is 10.1 Å². The van der Waals surface area contributed by atoms with Crippen molar-refractivity contribution < 1.29 is 9.18 Å². The zero-order chi connectivity index (χ0) is 11.4. The molecule has 16 heavy (non-hydrogen) atoms. The first-order valence-electron chi connectivity index (χ1n) is 5.73. The highest BCUT2D eigenvalue weighted by Gasteiger charge is 2.26. The van der Waals surface area contributed by atoms with Gasteiger partial charge in [0.15, 0.2) is 0 Å². The summed E-state index contributed by atoms with van der Waals surface area (Å²) in [5.41, 5.74) is 0.534. The van der Waals surface area contributed by atoms with Crippen molar-refractivity contribution in [1.82, 2.24) is 5.32 Å². The van der Waals surface area contributed by atoms with Crippen molar-refractivity contribution in [2.45, 2.75) is 18.8 Å². The SMILES string of the molecule is O=CC(c1ccccc1F)C1CCCNC1. The molecule has 0 aromatic heterocycles. The third-order valence-electron chi connectivity index (χ3n) is 3.25. The lowest BCUT2D eigenvalue weighted by atomic mass is 9.82. The molecule has 1 aromatic rings. The van der Waals surface area contributed by atoms with Crippen molar-refractivity contribution in [3.8, 4) is 0 Å². The van der Waals surface area contributed by atoms with E-state index in [0.717, 1.165) is 32.2 Å². The Morgan fingerprint density at radius 3 is 2.88 bits per heavy atom. The first-order chi connectivity index (χ1) is 7.83. The second-order valence-corrected chi connectivity index (χ2v) is 4.29. The number of benzene rings is 1. The number of carbonyl (C=O) groups excluding carboxylic acids is 1. The number of rotatable bonds is 3. The van der Waals surface area contributed by atoms with E-state index in [4.69, 9.17) is 0 Å². The van der Waals surface area contributed by atoms with Crippen molar-refractivity contribution in [3.63, 3.8) is 0 Å². The van der Waals surface area contributed by atoms with Gasteiger partial charge in [-0.3, -0.25) is 0 Å². The van der Waals surface area contributed by atoms with Crippen LogP contribution in [-0.2, 0) is 4.79 Å². The molecule has 0 saturated carbocycles. The molecule has 1 aliphatic rings. The minimum atomic E-state index is -0.311. The molecule has 0 bridgehead atoms. The molecular formula is C13H16FNO. The van der Waals surface area contributed by atoms with Gasteiger partial charge in [0.1, 0.15) is 12.1 Å². The Kier molecular flexibility index (Phi) is 3.67. The Morgan fingerprint density at radius 1 is 1.44 bits per heavy atom. The average Bonchev–Trinajstić information content (AvgIpc) is 2.34. The van der Waals surface area contributed by atoms with E-state index in [1.54, 1.807) is 18.2 Å². The molecule has 1 heterocycles. The van der Waals surface area contributed by atoms with Crippen LogP contribution in [0.25, 0.3) is 0 Å². The van der Waals surface area contributed by atoms with Crippen LogP contribution in [0.15, 0.2) is 24.3 Å². The molecule has 2 unspecified atom stereocenters. The van der Waals surface area contributed by atoms with Crippen LogP contribution in [0.1, 0.15) is 24.3 Å². The number of hydrogen-bond donors (Lipinski definition) is 1. The summed E-state index contributed by atoms with van der Waals surface area (Å²) in [6, 6.07) is 6.57. The molecule has 1 aliphatic heterocycles. The van der Waals surface area contributed by atoms with Gasteiger partial charge in [0.05, 0.1) is 0 Å². The van der Waals surface area contributed by atoms with Crippen molar-refractivity contribution in [2.75, 3.05) is 13.1 Å². The minimum absolute atomic E-state index is 0.225. The zero-order valence-electron chi connectivity index (χ0n) is 9.16. The Labute approximate surface area is 94.9 Å². The molecule has 2 nitrogen and oxygen atoms in total. The predicted molar refractivity (Wildman–Crippen MR) is 60.8 cm³/mol. The summed E-state index contributed by atoms with van der Waals surface area (Å²) in [5.74, 6) is -0.359. The van der Waals surface area contributed by atoms with Crippen LogP contribution in [0.2, 0.25) is 0 Å². The summed E-state index contributed by atoms with van der Waals surface area (Å²) in [6.45, 7) is 1.80. The molecule has 0 amide bonds. The molecule has 2 rings (SSSR count). The third kappa shape index (κ3) is 2.30. The quantitative estimate of drug-likeness (QED) is 0.792. The van der Waals surface area contributed by atoms with Gasteiger partial charge in [-0.2, -0.15) is 0 Å². The van der Waals surface area contributed by atoms with E-state index >= 15 is 0 Å². The van der Waals surface area contributed by atoms with Gasteiger partial charge >= 0.3 is 0 Å². The van der Waals surface area contributed by atoms with Crippen LogP contribution >= 0.6 is 0 Å². The number of piperidine rings is 1. The lowest BCUT2D eigenvalue weighted by Crippen LogP contribution is -2.34. The van der Waals surface area contributed by atoms with E-state index < -0.39 is 0 Å². The first kappa shape index (κ1) is 11.3. The largest absolute Gasteiger partial charge is 0.316 e. The lowest BCUT2D eigenvalue weighted by molar-refractivity contribution is -0.110. The molecule has 0 radical (unpaired) electrons. The summed E-state index contributed by atoms with van der Waals surface area (Å²) in [7, 11) is 0. The van der Waals surface area contributed by atoms with Gasteiger partial charge in [-0.15, -0.1) is 0 Å². The van der Waals surface area contributed by atoms with Crippen LogP contribution in [0, 0.1) is 11.7 Å². The topological polar surface area (TPSA) is 29.1 Å². The summed E-state index contributed by atoms with van der Waals surface area (Å²) in [4.78, 5) is 11.2. The number of nitrogens with one attached hydrogen (secondary N) is 1. The monoisotopic (exact) mass is 221 g/mol.